The quantitative estimate of drug-likeness (QED) is 0.195. The first-order valence-electron chi connectivity index (χ1n) is 21.1. The molecule has 15 atom stereocenters. The van der Waals surface area contributed by atoms with E-state index in [0.29, 0.717) is 72.1 Å². The van der Waals surface area contributed by atoms with Crippen LogP contribution in [0.4, 0.5) is 0 Å². The number of hydrazine groups is 2. The topological polar surface area (TPSA) is 156 Å². The maximum absolute atomic E-state index is 11.9. The minimum Gasteiger partial charge on any atom is -0.393 e. The fourth-order valence-corrected chi connectivity index (χ4v) is 16.3. The Balaban J connectivity index is 0.915. The summed E-state index contributed by atoms with van der Waals surface area (Å²) in [5.74, 6) is -0.000767. The van der Waals surface area contributed by atoms with Crippen molar-refractivity contribution in [3.05, 3.63) is 0 Å². The van der Waals surface area contributed by atoms with Gasteiger partial charge in [0.1, 0.15) is 0 Å². The first-order chi connectivity index (χ1) is 24.8. The van der Waals surface area contributed by atoms with E-state index in [1.165, 1.54) is 64.2 Å². The van der Waals surface area contributed by atoms with Gasteiger partial charge in [0, 0.05) is 64.6 Å². The van der Waals surface area contributed by atoms with Gasteiger partial charge in [0.15, 0.2) is 0 Å². The smallest absolute Gasteiger partial charge is 0.0918 e. The molecule has 9 rings (SSSR count). The summed E-state index contributed by atoms with van der Waals surface area (Å²) in [5, 5.41) is 70.4. The number of aliphatic hydroxyl groups excluding tert-OH is 5. The molecule has 0 aromatic rings. The Hall–Kier alpha value is 0.260. The van der Waals surface area contributed by atoms with Crippen LogP contribution >= 0.6 is 23.5 Å². The van der Waals surface area contributed by atoms with E-state index in [-0.39, 0.29) is 35.3 Å². The second-order valence-corrected chi connectivity index (χ2v) is 20.9. The zero-order chi connectivity index (χ0) is 34.8. The lowest BCUT2D eigenvalue weighted by molar-refractivity contribution is -0.134. The third-order valence-corrected chi connectivity index (χ3v) is 18.4. The van der Waals surface area contributed by atoms with Gasteiger partial charge in [0.2, 0.25) is 0 Å². The molecule has 6 saturated carbocycles. The van der Waals surface area contributed by atoms with Crippen molar-refractivity contribution in [2.45, 2.75) is 222 Å². The lowest BCUT2D eigenvalue weighted by Gasteiger charge is -2.54. The summed E-state index contributed by atoms with van der Waals surface area (Å²) in [5.41, 5.74) is 7.17. The second-order valence-electron chi connectivity index (χ2n) is 18.2. The van der Waals surface area contributed by atoms with Crippen molar-refractivity contribution >= 4 is 23.5 Å². The number of aliphatic hydroxyl groups is 5. The van der Waals surface area contributed by atoms with Gasteiger partial charge in [-0.1, -0.05) is 38.5 Å². The lowest BCUT2D eigenvalue weighted by Crippen LogP contribution is -2.66. The summed E-state index contributed by atoms with van der Waals surface area (Å²) in [7, 11) is 0. The molecule has 9 fully saturated rings. The molecule has 15 unspecified atom stereocenters. The van der Waals surface area contributed by atoms with Crippen molar-refractivity contribution in [1.82, 2.24) is 31.5 Å². The Bertz CT molecular complexity index is 1070. The summed E-state index contributed by atoms with van der Waals surface area (Å²) < 4.78 is 0. The number of hydrogen-bond acceptors (Lipinski definition) is 13. The highest BCUT2D eigenvalue weighted by molar-refractivity contribution is 8.01. The molecule has 3 heterocycles. The summed E-state index contributed by atoms with van der Waals surface area (Å²) in [6.45, 7) is 0. The van der Waals surface area contributed by atoms with E-state index in [1.54, 1.807) is 0 Å². The van der Waals surface area contributed by atoms with Crippen LogP contribution in [0.3, 0.4) is 0 Å². The van der Waals surface area contributed by atoms with Gasteiger partial charge in [-0.05, 0) is 83.5 Å². The number of fused-ring (bicyclic) bond motifs is 3. The van der Waals surface area contributed by atoms with E-state index in [9.17, 15) is 25.5 Å². The average molecular weight is 751 g/mol. The molecular formula is C38H66N6O5S2. The fourth-order valence-electron chi connectivity index (χ4n) is 12.5. The number of hydrogen-bond donors (Lipinski definition) is 9. The van der Waals surface area contributed by atoms with Crippen LogP contribution in [-0.4, -0.2) is 136 Å². The normalized spacial score (nSPS) is 53.9. The molecule has 9 N–H and O–H groups in total. The molecule has 6 aliphatic carbocycles. The molecule has 3 aliphatic heterocycles. The highest BCUT2D eigenvalue weighted by Gasteiger charge is 2.53. The van der Waals surface area contributed by atoms with Crippen molar-refractivity contribution in [2.75, 3.05) is 0 Å². The maximum atomic E-state index is 11.9. The largest absolute Gasteiger partial charge is 0.393 e. The van der Waals surface area contributed by atoms with Gasteiger partial charge in [-0.25, -0.2) is 10.9 Å². The number of nitrogens with zero attached hydrogens (tertiary/aromatic N) is 2. The minimum absolute atomic E-state index is 0.0677. The first-order valence-corrected chi connectivity index (χ1v) is 23.0. The first kappa shape index (κ1) is 36.9. The van der Waals surface area contributed by atoms with Crippen molar-refractivity contribution < 1.29 is 25.5 Å². The second kappa shape index (κ2) is 15.7. The number of thioether (sulfide) groups is 2. The van der Waals surface area contributed by atoms with Crippen LogP contribution in [0.1, 0.15) is 122 Å². The predicted molar refractivity (Wildman–Crippen MR) is 202 cm³/mol. The summed E-state index contributed by atoms with van der Waals surface area (Å²) in [6, 6.07) is 1.19. The van der Waals surface area contributed by atoms with E-state index in [1.807, 2.05) is 16.9 Å². The molecule has 13 heteroatoms. The highest BCUT2D eigenvalue weighted by Crippen LogP contribution is 2.47. The van der Waals surface area contributed by atoms with E-state index >= 15 is 0 Å². The molecule has 0 spiro atoms. The van der Waals surface area contributed by atoms with Gasteiger partial charge < -0.3 is 36.2 Å². The molecule has 0 radical (unpaired) electrons. The molecule has 9 aliphatic rings. The molecule has 0 bridgehead atoms. The Morgan fingerprint density at radius 1 is 0.471 bits per heavy atom. The molecule has 0 aromatic carbocycles. The Morgan fingerprint density at radius 3 is 1.49 bits per heavy atom. The van der Waals surface area contributed by atoms with Crippen molar-refractivity contribution in [3.63, 3.8) is 0 Å². The van der Waals surface area contributed by atoms with Crippen LogP contribution < -0.4 is 21.5 Å². The van der Waals surface area contributed by atoms with Crippen molar-refractivity contribution in [1.29, 1.82) is 0 Å². The molecule has 11 nitrogen and oxygen atoms in total. The molecule has 0 amide bonds. The molecule has 51 heavy (non-hydrogen) atoms. The Labute approximate surface area is 313 Å². The monoisotopic (exact) mass is 750 g/mol. The van der Waals surface area contributed by atoms with Crippen LogP contribution in [0.2, 0.25) is 0 Å². The summed E-state index contributed by atoms with van der Waals surface area (Å²) >= 11 is 4.02. The number of nitrogens with one attached hydrogen (secondary N) is 4. The van der Waals surface area contributed by atoms with Gasteiger partial charge >= 0.3 is 0 Å². The average Bonchev–Trinajstić information content (AvgIpc) is 3.84. The van der Waals surface area contributed by atoms with Gasteiger partial charge in [-0.15, -0.1) is 23.5 Å². The maximum Gasteiger partial charge on any atom is 0.0918 e. The van der Waals surface area contributed by atoms with Crippen LogP contribution in [0, 0.1) is 11.8 Å². The van der Waals surface area contributed by atoms with Gasteiger partial charge in [0.05, 0.1) is 47.3 Å². The zero-order valence-corrected chi connectivity index (χ0v) is 32.0. The van der Waals surface area contributed by atoms with E-state index in [0.717, 1.165) is 25.7 Å². The molecule has 3 saturated heterocycles. The van der Waals surface area contributed by atoms with Gasteiger partial charge in [0.25, 0.3) is 0 Å². The van der Waals surface area contributed by atoms with Crippen LogP contribution in [0.5, 0.6) is 0 Å². The SMILES string of the molecule is OC1CC(N(C2CC(O)C(C3NC4CCCCC4S3)C(O)C2)C2CC(O)C(N3NC4CCCCC4N3)C(O)C2)CCC1C1NC2CCCCC2S1. The van der Waals surface area contributed by atoms with Crippen molar-refractivity contribution in [3.8, 4) is 0 Å². The molecular weight excluding hydrogens is 685 g/mol. The molecule has 290 valence electrons. The third kappa shape index (κ3) is 7.34. The van der Waals surface area contributed by atoms with Crippen molar-refractivity contribution in [2.24, 2.45) is 11.8 Å². The summed E-state index contributed by atoms with van der Waals surface area (Å²) in [4.78, 5) is 2.49. The Kier molecular flexibility index (Phi) is 11.3. The van der Waals surface area contributed by atoms with Crippen LogP contribution in [-0.2, 0) is 0 Å². The third-order valence-electron chi connectivity index (χ3n) is 15.1. The van der Waals surface area contributed by atoms with E-state index in [2.05, 4.69) is 38.1 Å². The summed E-state index contributed by atoms with van der Waals surface area (Å²) in [6.07, 6.45) is 16.2. The highest BCUT2D eigenvalue weighted by atomic mass is 32.2. The lowest BCUT2D eigenvalue weighted by atomic mass is 9.75. The standard InChI is InChI=1S/C38H66N6O5S2/c45-28-15-20(13-14-23(28)37-39-26-9-3-5-11-33(26)50-37)43(21-16-29(46)35(30(47)17-21)38-40-27-10-4-6-12-34(27)51-38)22-18-31(48)36(32(49)19-22)44-41-24-7-1-2-8-25(24)42-44/h20-42,45-49H,1-19H2. The van der Waals surface area contributed by atoms with Crippen LogP contribution in [0.15, 0.2) is 0 Å². The van der Waals surface area contributed by atoms with E-state index < -0.39 is 36.6 Å². The van der Waals surface area contributed by atoms with Crippen LogP contribution in [0.25, 0.3) is 0 Å². The van der Waals surface area contributed by atoms with E-state index in [4.69, 9.17) is 0 Å². The molecule has 0 aromatic heterocycles. The minimum atomic E-state index is -0.737. The fraction of sp³-hybridized carbons (Fsp3) is 1.00. The zero-order valence-electron chi connectivity index (χ0n) is 30.4. The number of rotatable bonds is 6. The Morgan fingerprint density at radius 2 is 0.941 bits per heavy atom. The van der Waals surface area contributed by atoms with Gasteiger partial charge in [-0.2, -0.15) is 5.12 Å². The van der Waals surface area contributed by atoms with Gasteiger partial charge in [-0.3, -0.25) is 4.90 Å². The predicted octanol–water partition coefficient (Wildman–Crippen LogP) is 2.15.